The summed E-state index contributed by atoms with van der Waals surface area (Å²) in [4.78, 5) is 21.4. The molecule has 0 aliphatic rings. The van der Waals surface area contributed by atoms with Crippen LogP contribution < -0.4 is 5.56 Å². The Morgan fingerprint density at radius 2 is 2.38 bits per heavy atom. The Labute approximate surface area is 73.1 Å². The van der Waals surface area contributed by atoms with E-state index in [4.69, 9.17) is 5.11 Å². The van der Waals surface area contributed by atoms with Gasteiger partial charge in [-0.05, 0) is 6.07 Å². The van der Waals surface area contributed by atoms with Crippen LogP contribution in [0.4, 0.5) is 0 Å². The minimum absolute atomic E-state index is 0.278. The van der Waals surface area contributed by atoms with Crippen molar-refractivity contribution in [3.63, 3.8) is 0 Å². The standard InChI is InChI=1S/C8H7N3O2/c12-3-6-1-5-2-9-4-10-7(5)11-8(6)13/h1-2,4,12H,3H2,(H,9,10,11,13). The van der Waals surface area contributed by atoms with Crippen molar-refractivity contribution in [3.8, 4) is 0 Å². The number of H-pyrrole nitrogens is 1. The van der Waals surface area contributed by atoms with E-state index < -0.39 is 0 Å². The van der Waals surface area contributed by atoms with Crippen LogP contribution >= 0.6 is 0 Å². The van der Waals surface area contributed by atoms with Gasteiger partial charge in [0.05, 0.1) is 6.61 Å². The molecule has 0 bridgehead atoms. The Morgan fingerprint density at radius 3 is 3.15 bits per heavy atom. The highest BCUT2D eigenvalue weighted by Crippen LogP contribution is 2.05. The van der Waals surface area contributed by atoms with Crippen molar-refractivity contribution in [3.05, 3.63) is 34.5 Å². The van der Waals surface area contributed by atoms with Crippen LogP contribution in [-0.2, 0) is 6.61 Å². The van der Waals surface area contributed by atoms with Crippen molar-refractivity contribution in [1.82, 2.24) is 15.0 Å². The van der Waals surface area contributed by atoms with Crippen LogP contribution in [0.2, 0.25) is 0 Å². The van der Waals surface area contributed by atoms with Gasteiger partial charge in [0, 0.05) is 17.1 Å². The molecule has 5 nitrogen and oxygen atoms in total. The summed E-state index contributed by atoms with van der Waals surface area (Å²) in [6, 6.07) is 1.58. The Morgan fingerprint density at radius 1 is 1.54 bits per heavy atom. The van der Waals surface area contributed by atoms with Gasteiger partial charge >= 0.3 is 0 Å². The molecule has 0 aliphatic heterocycles. The van der Waals surface area contributed by atoms with Crippen molar-refractivity contribution in [1.29, 1.82) is 0 Å². The predicted octanol–water partition coefficient (Wildman–Crippen LogP) is -0.190. The molecule has 0 radical (unpaired) electrons. The van der Waals surface area contributed by atoms with Gasteiger partial charge in [0.15, 0.2) is 0 Å². The second-order valence-electron chi connectivity index (χ2n) is 2.61. The molecule has 2 heterocycles. The number of hydrogen-bond donors (Lipinski definition) is 2. The fraction of sp³-hybridized carbons (Fsp3) is 0.125. The highest BCUT2D eigenvalue weighted by Gasteiger charge is 2.01. The van der Waals surface area contributed by atoms with E-state index in [0.717, 1.165) is 0 Å². The molecule has 0 unspecified atom stereocenters. The molecule has 0 saturated carbocycles. The normalized spacial score (nSPS) is 10.5. The molecule has 0 spiro atoms. The summed E-state index contributed by atoms with van der Waals surface area (Å²) < 4.78 is 0. The molecule has 0 amide bonds. The lowest BCUT2D eigenvalue weighted by molar-refractivity contribution is 0.280. The second-order valence-corrected chi connectivity index (χ2v) is 2.61. The van der Waals surface area contributed by atoms with Gasteiger partial charge in [-0.2, -0.15) is 0 Å². The zero-order chi connectivity index (χ0) is 9.26. The Bertz CT molecular complexity index is 492. The molecule has 2 aromatic rings. The average Bonchev–Trinajstić information content (AvgIpc) is 2.17. The number of pyridine rings is 1. The summed E-state index contributed by atoms with van der Waals surface area (Å²) in [6.45, 7) is -0.278. The topological polar surface area (TPSA) is 78.9 Å². The second kappa shape index (κ2) is 2.95. The zero-order valence-corrected chi connectivity index (χ0v) is 6.69. The summed E-state index contributed by atoms with van der Waals surface area (Å²) >= 11 is 0. The summed E-state index contributed by atoms with van der Waals surface area (Å²) in [5.41, 5.74) is 0.494. The Hall–Kier alpha value is -1.75. The van der Waals surface area contributed by atoms with Gasteiger partial charge in [0.2, 0.25) is 0 Å². The number of aliphatic hydroxyl groups excluding tert-OH is 1. The zero-order valence-electron chi connectivity index (χ0n) is 6.69. The molecule has 66 valence electrons. The Balaban J connectivity index is 2.81. The first-order valence-corrected chi connectivity index (χ1v) is 3.74. The summed E-state index contributed by atoms with van der Waals surface area (Å²) in [6.07, 6.45) is 2.94. The van der Waals surface area contributed by atoms with Crippen molar-refractivity contribution >= 4 is 11.0 Å². The Kier molecular flexibility index (Phi) is 1.79. The molecular formula is C8H7N3O2. The quantitative estimate of drug-likeness (QED) is 0.632. The number of hydrogen-bond acceptors (Lipinski definition) is 4. The van der Waals surface area contributed by atoms with Gasteiger partial charge in [-0.25, -0.2) is 9.97 Å². The molecule has 0 atom stereocenters. The summed E-state index contributed by atoms with van der Waals surface area (Å²) in [5, 5.41) is 9.53. The minimum atomic E-state index is -0.311. The van der Waals surface area contributed by atoms with Crippen LogP contribution in [0.25, 0.3) is 11.0 Å². The molecule has 0 fully saturated rings. The van der Waals surface area contributed by atoms with Crippen molar-refractivity contribution in [2.45, 2.75) is 6.61 Å². The first-order chi connectivity index (χ1) is 6.31. The monoisotopic (exact) mass is 177 g/mol. The maximum absolute atomic E-state index is 11.2. The van der Waals surface area contributed by atoms with E-state index in [-0.39, 0.29) is 12.2 Å². The van der Waals surface area contributed by atoms with Crippen LogP contribution in [0, 0.1) is 0 Å². The third-order valence-electron chi connectivity index (χ3n) is 1.76. The van der Waals surface area contributed by atoms with Crippen LogP contribution in [0.15, 0.2) is 23.4 Å². The van der Waals surface area contributed by atoms with E-state index in [9.17, 15) is 4.79 Å². The van der Waals surface area contributed by atoms with Crippen molar-refractivity contribution in [2.24, 2.45) is 0 Å². The van der Waals surface area contributed by atoms with Crippen molar-refractivity contribution in [2.75, 3.05) is 0 Å². The third kappa shape index (κ3) is 1.29. The third-order valence-corrected chi connectivity index (χ3v) is 1.76. The summed E-state index contributed by atoms with van der Waals surface area (Å²) in [7, 11) is 0. The number of aromatic nitrogens is 3. The van der Waals surface area contributed by atoms with Crippen molar-refractivity contribution < 1.29 is 5.11 Å². The number of rotatable bonds is 1. The van der Waals surface area contributed by atoms with E-state index in [1.54, 1.807) is 12.3 Å². The van der Waals surface area contributed by atoms with Crippen LogP contribution in [0.5, 0.6) is 0 Å². The molecule has 2 rings (SSSR count). The minimum Gasteiger partial charge on any atom is -0.391 e. The molecule has 2 aromatic heterocycles. The first kappa shape index (κ1) is 7.88. The van der Waals surface area contributed by atoms with Gasteiger partial charge in [-0.1, -0.05) is 0 Å². The lowest BCUT2D eigenvalue weighted by Crippen LogP contribution is -2.12. The van der Waals surface area contributed by atoms with E-state index in [2.05, 4.69) is 15.0 Å². The van der Waals surface area contributed by atoms with Gasteiger partial charge in [-0.3, -0.25) is 4.79 Å². The molecular weight excluding hydrogens is 170 g/mol. The number of nitrogens with one attached hydrogen (secondary N) is 1. The van der Waals surface area contributed by atoms with Crippen LogP contribution in [0.1, 0.15) is 5.56 Å². The fourth-order valence-corrected chi connectivity index (χ4v) is 1.11. The highest BCUT2D eigenvalue weighted by atomic mass is 16.3. The first-order valence-electron chi connectivity index (χ1n) is 3.74. The number of aliphatic hydroxyl groups is 1. The molecule has 13 heavy (non-hydrogen) atoms. The van der Waals surface area contributed by atoms with Crippen LogP contribution in [0.3, 0.4) is 0 Å². The van der Waals surface area contributed by atoms with Crippen LogP contribution in [-0.4, -0.2) is 20.1 Å². The largest absolute Gasteiger partial charge is 0.391 e. The maximum atomic E-state index is 11.2. The average molecular weight is 177 g/mol. The lowest BCUT2D eigenvalue weighted by Gasteiger charge is -1.97. The maximum Gasteiger partial charge on any atom is 0.255 e. The lowest BCUT2D eigenvalue weighted by atomic mass is 10.2. The van der Waals surface area contributed by atoms with E-state index in [1.165, 1.54) is 6.33 Å². The van der Waals surface area contributed by atoms with E-state index >= 15 is 0 Å². The van der Waals surface area contributed by atoms with Gasteiger partial charge in [-0.15, -0.1) is 0 Å². The predicted molar refractivity (Wildman–Crippen MR) is 46.1 cm³/mol. The van der Waals surface area contributed by atoms with E-state index in [0.29, 0.717) is 16.6 Å². The van der Waals surface area contributed by atoms with Gasteiger partial charge in [0.1, 0.15) is 12.0 Å². The smallest absolute Gasteiger partial charge is 0.255 e. The molecule has 0 aliphatic carbocycles. The molecule has 5 heteroatoms. The SMILES string of the molecule is O=c1[nH]c2ncncc2cc1CO. The van der Waals surface area contributed by atoms with Gasteiger partial charge in [0.25, 0.3) is 5.56 Å². The molecule has 0 aromatic carbocycles. The fourth-order valence-electron chi connectivity index (χ4n) is 1.11. The number of nitrogens with zero attached hydrogens (tertiary/aromatic N) is 2. The number of fused-ring (bicyclic) bond motifs is 1. The van der Waals surface area contributed by atoms with Gasteiger partial charge < -0.3 is 10.1 Å². The molecule has 0 saturated heterocycles. The van der Waals surface area contributed by atoms with E-state index in [1.807, 2.05) is 0 Å². The summed E-state index contributed by atoms with van der Waals surface area (Å²) in [5.74, 6) is 0. The molecule has 2 N–H and O–H groups in total. The highest BCUT2D eigenvalue weighted by molar-refractivity contribution is 5.73. The number of aromatic amines is 1.